The van der Waals surface area contributed by atoms with Crippen LogP contribution in [-0.4, -0.2) is 44.3 Å². The maximum atomic E-state index is 12.5. The lowest BCUT2D eigenvalue weighted by molar-refractivity contribution is -0.152. The van der Waals surface area contributed by atoms with Crippen LogP contribution < -0.4 is 5.56 Å². The molecule has 1 atom stereocenters. The first kappa shape index (κ1) is 16.9. The van der Waals surface area contributed by atoms with Gasteiger partial charge < -0.3 is 10.0 Å². The van der Waals surface area contributed by atoms with Crippen LogP contribution in [0, 0.1) is 0 Å². The van der Waals surface area contributed by atoms with Crippen molar-refractivity contribution in [2.75, 3.05) is 6.54 Å². The van der Waals surface area contributed by atoms with Crippen LogP contribution in [0.5, 0.6) is 0 Å². The molecule has 2 heterocycles. The lowest BCUT2D eigenvalue weighted by Crippen LogP contribution is -2.49. The Morgan fingerprint density at radius 3 is 2.60 bits per heavy atom. The molecule has 1 amide bonds. The molecule has 2 aromatic rings. The zero-order chi connectivity index (χ0) is 17.8. The average Bonchev–Trinajstić information content (AvgIpc) is 2.64. The molecular formula is C18H19N3O4. The molecular weight excluding hydrogens is 322 g/mol. The number of piperidine rings is 1. The predicted octanol–water partition coefficient (Wildman–Crippen LogP) is 1.38. The van der Waals surface area contributed by atoms with Gasteiger partial charge in [-0.15, -0.1) is 0 Å². The first-order valence-electron chi connectivity index (χ1n) is 8.22. The summed E-state index contributed by atoms with van der Waals surface area (Å²) in [6.07, 6.45) is 1.98. The number of carboxylic acids is 1. The zero-order valence-corrected chi connectivity index (χ0v) is 13.7. The molecule has 1 aromatic carbocycles. The second-order valence-electron chi connectivity index (χ2n) is 6.02. The second kappa shape index (κ2) is 7.29. The van der Waals surface area contributed by atoms with Gasteiger partial charge in [0.2, 0.25) is 5.91 Å². The molecule has 7 nitrogen and oxygen atoms in total. The summed E-state index contributed by atoms with van der Waals surface area (Å²) in [4.78, 5) is 37.3. The van der Waals surface area contributed by atoms with Gasteiger partial charge in [0.15, 0.2) is 0 Å². The van der Waals surface area contributed by atoms with Crippen molar-refractivity contribution < 1.29 is 14.7 Å². The van der Waals surface area contributed by atoms with Crippen LogP contribution in [0.15, 0.2) is 47.3 Å². The molecule has 130 valence electrons. The SMILES string of the molecule is O=C(O)[C@H]1CCCCN1C(=O)Cn1nc(-c2ccccc2)ccc1=O. The van der Waals surface area contributed by atoms with Crippen molar-refractivity contribution in [2.45, 2.75) is 31.8 Å². The van der Waals surface area contributed by atoms with Crippen molar-refractivity contribution >= 4 is 11.9 Å². The fourth-order valence-corrected chi connectivity index (χ4v) is 3.03. The smallest absolute Gasteiger partial charge is 0.326 e. The van der Waals surface area contributed by atoms with Gasteiger partial charge in [0, 0.05) is 18.2 Å². The van der Waals surface area contributed by atoms with E-state index in [1.165, 1.54) is 11.0 Å². The van der Waals surface area contributed by atoms with Crippen LogP contribution in [0.25, 0.3) is 11.3 Å². The summed E-state index contributed by atoms with van der Waals surface area (Å²) in [7, 11) is 0. The zero-order valence-electron chi connectivity index (χ0n) is 13.7. The molecule has 1 aliphatic rings. The predicted molar refractivity (Wildman–Crippen MR) is 90.9 cm³/mol. The highest BCUT2D eigenvalue weighted by atomic mass is 16.4. The number of nitrogens with zero attached hydrogens (tertiary/aromatic N) is 3. The molecule has 0 aliphatic carbocycles. The lowest BCUT2D eigenvalue weighted by Gasteiger charge is -2.32. The Balaban J connectivity index is 1.83. The van der Waals surface area contributed by atoms with Crippen LogP contribution >= 0.6 is 0 Å². The summed E-state index contributed by atoms with van der Waals surface area (Å²) in [5.74, 6) is -1.40. The number of aliphatic carboxylic acids is 1. The molecule has 1 N–H and O–H groups in total. The number of carbonyl (C=O) groups excluding carboxylic acids is 1. The number of carboxylic acid groups (broad SMARTS) is 1. The number of rotatable bonds is 4. The molecule has 1 saturated heterocycles. The first-order valence-corrected chi connectivity index (χ1v) is 8.22. The van der Waals surface area contributed by atoms with Crippen molar-refractivity contribution in [3.8, 4) is 11.3 Å². The van der Waals surface area contributed by atoms with E-state index in [-0.39, 0.29) is 6.54 Å². The molecule has 3 rings (SSSR count). The van der Waals surface area contributed by atoms with E-state index in [0.717, 1.165) is 23.1 Å². The summed E-state index contributed by atoms with van der Waals surface area (Å²) < 4.78 is 1.10. The highest BCUT2D eigenvalue weighted by molar-refractivity contribution is 5.83. The standard InChI is InChI=1S/C18H19N3O4/c22-16-10-9-14(13-6-2-1-3-7-13)19-21(16)12-17(23)20-11-5-4-8-15(20)18(24)25/h1-3,6-7,9-10,15H,4-5,8,11-12H2,(H,24,25)/t15-/m1/s1. The summed E-state index contributed by atoms with van der Waals surface area (Å²) in [6, 6.07) is 11.5. The first-order chi connectivity index (χ1) is 12.1. The third-order valence-corrected chi connectivity index (χ3v) is 4.33. The van der Waals surface area contributed by atoms with Gasteiger partial charge in [-0.1, -0.05) is 30.3 Å². The van der Waals surface area contributed by atoms with Gasteiger partial charge >= 0.3 is 5.97 Å². The normalized spacial score (nSPS) is 17.3. The minimum absolute atomic E-state index is 0.261. The molecule has 0 unspecified atom stereocenters. The van der Waals surface area contributed by atoms with Crippen LogP contribution in [-0.2, 0) is 16.1 Å². The third kappa shape index (κ3) is 3.76. The van der Waals surface area contributed by atoms with Crippen molar-refractivity contribution in [2.24, 2.45) is 0 Å². The molecule has 0 saturated carbocycles. The van der Waals surface area contributed by atoms with Gasteiger partial charge in [0.05, 0.1) is 5.69 Å². The maximum absolute atomic E-state index is 12.5. The van der Waals surface area contributed by atoms with Crippen molar-refractivity contribution in [1.82, 2.24) is 14.7 Å². The van der Waals surface area contributed by atoms with Gasteiger partial charge in [0.25, 0.3) is 5.56 Å². The van der Waals surface area contributed by atoms with E-state index in [2.05, 4.69) is 5.10 Å². The second-order valence-corrected chi connectivity index (χ2v) is 6.02. The average molecular weight is 341 g/mol. The highest BCUT2D eigenvalue weighted by Gasteiger charge is 2.32. The summed E-state index contributed by atoms with van der Waals surface area (Å²) in [5.41, 5.74) is 1.03. The van der Waals surface area contributed by atoms with E-state index in [1.807, 2.05) is 30.3 Å². The van der Waals surface area contributed by atoms with Crippen molar-refractivity contribution in [1.29, 1.82) is 0 Å². The molecule has 1 fully saturated rings. The Morgan fingerprint density at radius 1 is 1.12 bits per heavy atom. The molecule has 0 bridgehead atoms. The quantitative estimate of drug-likeness (QED) is 0.907. The van der Waals surface area contributed by atoms with Crippen LogP contribution in [0.3, 0.4) is 0 Å². The van der Waals surface area contributed by atoms with Gasteiger partial charge in [0.1, 0.15) is 12.6 Å². The fourth-order valence-electron chi connectivity index (χ4n) is 3.03. The number of carbonyl (C=O) groups is 2. The van der Waals surface area contributed by atoms with E-state index in [9.17, 15) is 19.5 Å². The molecule has 1 aliphatic heterocycles. The van der Waals surface area contributed by atoms with Crippen molar-refractivity contribution in [3.05, 3.63) is 52.8 Å². The fraction of sp³-hybridized carbons (Fsp3) is 0.333. The Bertz CT molecular complexity index is 832. The van der Waals surface area contributed by atoms with Gasteiger partial charge in [-0.05, 0) is 25.3 Å². The molecule has 25 heavy (non-hydrogen) atoms. The Morgan fingerprint density at radius 2 is 1.88 bits per heavy atom. The van der Waals surface area contributed by atoms with Crippen molar-refractivity contribution in [3.63, 3.8) is 0 Å². The topological polar surface area (TPSA) is 92.5 Å². The molecule has 0 spiro atoms. The number of aromatic nitrogens is 2. The summed E-state index contributed by atoms with van der Waals surface area (Å²) in [6.45, 7) is 0.131. The number of hydrogen-bond acceptors (Lipinski definition) is 4. The van der Waals surface area contributed by atoms with E-state index in [0.29, 0.717) is 18.7 Å². The monoisotopic (exact) mass is 341 g/mol. The largest absolute Gasteiger partial charge is 0.480 e. The van der Waals surface area contributed by atoms with Gasteiger partial charge in [-0.3, -0.25) is 9.59 Å². The lowest BCUT2D eigenvalue weighted by atomic mass is 10.0. The Labute approximate surface area is 144 Å². The van der Waals surface area contributed by atoms with Crippen LogP contribution in [0.1, 0.15) is 19.3 Å². The van der Waals surface area contributed by atoms with Crippen LogP contribution in [0.2, 0.25) is 0 Å². The van der Waals surface area contributed by atoms with E-state index < -0.39 is 23.5 Å². The Hall–Kier alpha value is -2.96. The number of amides is 1. The van der Waals surface area contributed by atoms with E-state index in [4.69, 9.17) is 0 Å². The number of likely N-dealkylation sites (tertiary alicyclic amines) is 1. The van der Waals surface area contributed by atoms with Crippen LogP contribution in [0.4, 0.5) is 0 Å². The third-order valence-electron chi connectivity index (χ3n) is 4.33. The highest BCUT2D eigenvalue weighted by Crippen LogP contribution is 2.18. The Kier molecular flexibility index (Phi) is 4.92. The minimum atomic E-state index is -1.01. The summed E-state index contributed by atoms with van der Waals surface area (Å²) >= 11 is 0. The molecule has 0 radical (unpaired) electrons. The number of benzene rings is 1. The van der Waals surface area contributed by atoms with Gasteiger partial charge in [-0.25, -0.2) is 9.48 Å². The summed E-state index contributed by atoms with van der Waals surface area (Å²) in [5, 5.41) is 13.5. The number of hydrogen-bond donors (Lipinski definition) is 1. The van der Waals surface area contributed by atoms with E-state index in [1.54, 1.807) is 6.07 Å². The van der Waals surface area contributed by atoms with E-state index >= 15 is 0 Å². The minimum Gasteiger partial charge on any atom is -0.480 e. The van der Waals surface area contributed by atoms with Gasteiger partial charge in [-0.2, -0.15) is 5.10 Å². The maximum Gasteiger partial charge on any atom is 0.326 e. The molecule has 7 heteroatoms. The molecule has 1 aromatic heterocycles.